The number of anilines is 1. The lowest BCUT2D eigenvalue weighted by Crippen LogP contribution is -2.38. The van der Waals surface area contributed by atoms with Gasteiger partial charge in [-0.05, 0) is 37.7 Å². The zero-order chi connectivity index (χ0) is 21.4. The number of thiazole rings is 1. The first-order chi connectivity index (χ1) is 14.3. The molecular weight excluding hydrogens is 418 g/mol. The van der Waals surface area contributed by atoms with Crippen LogP contribution in [0.4, 0.5) is 5.13 Å². The van der Waals surface area contributed by atoms with Gasteiger partial charge in [-0.3, -0.25) is 19.1 Å². The van der Waals surface area contributed by atoms with Crippen LogP contribution in [0.15, 0.2) is 16.5 Å². The maximum absolute atomic E-state index is 12.8. The van der Waals surface area contributed by atoms with Gasteiger partial charge in [0, 0.05) is 29.9 Å². The minimum absolute atomic E-state index is 0.0772. The second-order valence-electron chi connectivity index (χ2n) is 8.47. The SMILES string of the molecule is Cc1sc2ncn(CC(=O)Nc3nc(CN4C[C@H](C)C[C@@H](C)C4)cs3)c(=O)c2c1C. The van der Waals surface area contributed by atoms with E-state index in [4.69, 9.17) is 0 Å². The molecule has 7 nitrogen and oxygen atoms in total. The molecule has 0 saturated carbocycles. The van der Waals surface area contributed by atoms with Crippen molar-refractivity contribution in [2.75, 3.05) is 18.4 Å². The summed E-state index contributed by atoms with van der Waals surface area (Å²) in [4.78, 5) is 38.4. The molecule has 3 aromatic heterocycles. The predicted octanol–water partition coefficient (Wildman–Crippen LogP) is 3.65. The molecule has 0 unspecified atom stereocenters. The first kappa shape index (κ1) is 21.1. The second kappa shape index (κ2) is 8.56. The van der Waals surface area contributed by atoms with Crippen molar-refractivity contribution in [1.29, 1.82) is 0 Å². The maximum Gasteiger partial charge on any atom is 0.262 e. The van der Waals surface area contributed by atoms with E-state index in [-0.39, 0.29) is 18.0 Å². The summed E-state index contributed by atoms with van der Waals surface area (Å²) in [5.74, 6) is 1.13. The van der Waals surface area contributed by atoms with Gasteiger partial charge in [0.25, 0.3) is 5.56 Å². The summed E-state index contributed by atoms with van der Waals surface area (Å²) in [6.45, 7) is 11.4. The summed E-state index contributed by atoms with van der Waals surface area (Å²) in [7, 11) is 0. The Kier molecular flexibility index (Phi) is 6.04. The number of aryl methyl sites for hydroxylation is 2. The molecule has 0 spiro atoms. The van der Waals surface area contributed by atoms with Crippen LogP contribution >= 0.6 is 22.7 Å². The van der Waals surface area contributed by atoms with E-state index in [1.54, 1.807) is 0 Å². The lowest BCUT2D eigenvalue weighted by Gasteiger charge is -2.34. The summed E-state index contributed by atoms with van der Waals surface area (Å²) in [5.41, 5.74) is 1.74. The van der Waals surface area contributed by atoms with Crippen LogP contribution in [0.2, 0.25) is 0 Å². The Morgan fingerprint density at radius 2 is 2.00 bits per heavy atom. The van der Waals surface area contributed by atoms with Crippen LogP contribution in [-0.2, 0) is 17.9 Å². The van der Waals surface area contributed by atoms with Gasteiger partial charge in [0.2, 0.25) is 5.91 Å². The van der Waals surface area contributed by atoms with Crippen molar-refractivity contribution >= 4 is 43.9 Å². The van der Waals surface area contributed by atoms with Crippen molar-refractivity contribution in [3.8, 4) is 0 Å². The monoisotopic (exact) mass is 445 g/mol. The summed E-state index contributed by atoms with van der Waals surface area (Å²) in [6, 6.07) is 0. The third kappa shape index (κ3) is 4.48. The first-order valence-electron chi connectivity index (χ1n) is 10.2. The third-order valence-electron chi connectivity index (χ3n) is 5.60. The van der Waals surface area contributed by atoms with Gasteiger partial charge in [-0.25, -0.2) is 9.97 Å². The molecule has 1 N–H and O–H groups in total. The van der Waals surface area contributed by atoms with Gasteiger partial charge in [0.1, 0.15) is 11.4 Å². The third-order valence-corrected chi connectivity index (χ3v) is 7.52. The fraction of sp³-hybridized carbons (Fsp3) is 0.524. The molecule has 1 fully saturated rings. The average Bonchev–Trinajstić information content (AvgIpc) is 3.21. The number of nitrogens with one attached hydrogen (secondary N) is 1. The molecule has 3 aromatic rings. The van der Waals surface area contributed by atoms with Gasteiger partial charge in [-0.1, -0.05) is 13.8 Å². The van der Waals surface area contributed by atoms with Crippen molar-refractivity contribution in [2.45, 2.75) is 47.2 Å². The quantitative estimate of drug-likeness (QED) is 0.648. The van der Waals surface area contributed by atoms with E-state index in [0.717, 1.165) is 40.6 Å². The lowest BCUT2D eigenvalue weighted by atomic mass is 9.92. The number of carbonyl (C=O) groups excluding carboxylic acids is 1. The zero-order valence-electron chi connectivity index (χ0n) is 17.8. The number of thiophene rings is 1. The maximum atomic E-state index is 12.8. The number of piperidine rings is 1. The summed E-state index contributed by atoms with van der Waals surface area (Å²) < 4.78 is 1.36. The largest absolute Gasteiger partial charge is 0.300 e. The second-order valence-corrected chi connectivity index (χ2v) is 10.5. The fourth-order valence-electron chi connectivity index (χ4n) is 4.28. The molecule has 4 rings (SSSR count). The highest BCUT2D eigenvalue weighted by Gasteiger charge is 2.22. The number of nitrogens with zero attached hydrogens (tertiary/aromatic N) is 4. The Bertz CT molecular complexity index is 1120. The predicted molar refractivity (Wildman–Crippen MR) is 122 cm³/mol. The molecule has 0 aromatic carbocycles. The number of carbonyl (C=O) groups is 1. The minimum atomic E-state index is -0.274. The Morgan fingerprint density at radius 3 is 2.73 bits per heavy atom. The average molecular weight is 446 g/mol. The van der Waals surface area contributed by atoms with E-state index in [9.17, 15) is 9.59 Å². The highest BCUT2D eigenvalue weighted by atomic mass is 32.1. The van der Waals surface area contributed by atoms with Gasteiger partial charge in [0.05, 0.1) is 17.4 Å². The van der Waals surface area contributed by atoms with Crippen molar-refractivity contribution < 1.29 is 4.79 Å². The molecule has 2 atom stereocenters. The lowest BCUT2D eigenvalue weighted by molar-refractivity contribution is -0.116. The van der Waals surface area contributed by atoms with Crippen LogP contribution in [0.3, 0.4) is 0 Å². The molecule has 0 radical (unpaired) electrons. The van der Waals surface area contributed by atoms with E-state index < -0.39 is 0 Å². The summed E-state index contributed by atoms with van der Waals surface area (Å²) in [6.07, 6.45) is 2.73. The number of hydrogen-bond acceptors (Lipinski definition) is 7. The standard InChI is InChI=1S/C21H27N5O2S2/c1-12-5-13(2)7-25(6-12)8-16-10-29-21(23-16)24-17(27)9-26-11-22-19-18(20(26)28)14(3)15(4)30-19/h10-13H,5-9H2,1-4H3,(H,23,24,27)/t12-,13-/m1/s1. The van der Waals surface area contributed by atoms with E-state index in [0.29, 0.717) is 22.4 Å². The van der Waals surface area contributed by atoms with Crippen LogP contribution < -0.4 is 10.9 Å². The molecule has 9 heteroatoms. The highest BCUT2D eigenvalue weighted by molar-refractivity contribution is 7.18. The molecule has 0 aliphatic carbocycles. The highest BCUT2D eigenvalue weighted by Crippen LogP contribution is 2.26. The van der Waals surface area contributed by atoms with Crippen LogP contribution in [0.5, 0.6) is 0 Å². The van der Waals surface area contributed by atoms with E-state index >= 15 is 0 Å². The van der Waals surface area contributed by atoms with E-state index in [1.807, 2.05) is 19.2 Å². The molecule has 1 aliphatic heterocycles. The van der Waals surface area contributed by atoms with Crippen LogP contribution in [0, 0.1) is 25.7 Å². The number of likely N-dealkylation sites (tertiary alicyclic amines) is 1. The molecule has 4 heterocycles. The zero-order valence-corrected chi connectivity index (χ0v) is 19.4. The van der Waals surface area contributed by atoms with Crippen molar-refractivity contribution in [1.82, 2.24) is 19.4 Å². The van der Waals surface area contributed by atoms with Crippen molar-refractivity contribution in [2.24, 2.45) is 11.8 Å². The molecule has 160 valence electrons. The number of aromatic nitrogens is 3. The number of rotatable bonds is 5. The molecular formula is C21H27N5O2S2. The number of fused-ring (bicyclic) bond motifs is 1. The van der Waals surface area contributed by atoms with Gasteiger partial charge in [-0.15, -0.1) is 22.7 Å². The van der Waals surface area contributed by atoms with E-state index in [1.165, 1.54) is 40.0 Å². The Morgan fingerprint density at radius 1 is 1.27 bits per heavy atom. The van der Waals surface area contributed by atoms with Crippen LogP contribution in [-0.4, -0.2) is 38.4 Å². The molecule has 0 bridgehead atoms. The minimum Gasteiger partial charge on any atom is -0.300 e. The summed E-state index contributed by atoms with van der Waals surface area (Å²) >= 11 is 2.92. The van der Waals surface area contributed by atoms with Gasteiger partial charge in [-0.2, -0.15) is 0 Å². The summed E-state index contributed by atoms with van der Waals surface area (Å²) in [5, 5.41) is 6.00. The van der Waals surface area contributed by atoms with Crippen molar-refractivity contribution in [3.63, 3.8) is 0 Å². The normalized spacial score (nSPS) is 20.0. The smallest absolute Gasteiger partial charge is 0.262 e. The van der Waals surface area contributed by atoms with Gasteiger partial charge in [0.15, 0.2) is 5.13 Å². The topological polar surface area (TPSA) is 80.1 Å². The molecule has 30 heavy (non-hydrogen) atoms. The van der Waals surface area contributed by atoms with Crippen LogP contribution in [0.25, 0.3) is 10.2 Å². The van der Waals surface area contributed by atoms with Crippen molar-refractivity contribution in [3.05, 3.63) is 38.2 Å². The Hall–Kier alpha value is -2.10. The number of hydrogen-bond donors (Lipinski definition) is 1. The number of amides is 1. The van der Waals surface area contributed by atoms with Gasteiger partial charge >= 0.3 is 0 Å². The van der Waals surface area contributed by atoms with E-state index in [2.05, 4.69) is 34.0 Å². The Labute approximate surface area is 183 Å². The molecule has 1 saturated heterocycles. The fourth-order valence-corrected chi connectivity index (χ4v) is 5.99. The molecule has 1 aliphatic rings. The van der Waals surface area contributed by atoms with Crippen LogP contribution in [0.1, 0.15) is 36.4 Å². The molecule has 1 amide bonds. The Balaban J connectivity index is 1.40. The first-order valence-corrected chi connectivity index (χ1v) is 11.9. The van der Waals surface area contributed by atoms with Gasteiger partial charge < -0.3 is 5.32 Å².